The molecule has 0 saturated carbocycles. The molecule has 1 rings (SSSR count). The zero-order valence-corrected chi connectivity index (χ0v) is 9.03. The standard InChI is InChI=1S/C11H19N3/c1-3-5-10(4-2)14-9-11-8-12-6-7-13-11/h6-8,10,14H,3-5,9H2,1-2H3. The highest BCUT2D eigenvalue weighted by Gasteiger charge is 2.03. The average molecular weight is 193 g/mol. The molecule has 1 aromatic rings. The molecule has 0 bridgehead atoms. The van der Waals surface area contributed by atoms with Gasteiger partial charge >= 0.3 is 0 Å². The van der Waals surface area contributed by atoms with E-state index in [1.54, 1.807) is 12.4 Å². The number of hydrogen-bond acceptors (Lipinski definition) is 3. The first-order chi connectivity index (χ1) is 6.86. The molecule has 0 radical (unpaired) electrons. The van der Waals surface area contributed by atoms with Crippen LogP contribution in [0.1, 0.15) is 38.8 Å². The Morgan fingerprint density at radius 2 is 2.21 bits per heavy atom. The monoisotopic (exact) mass is 193 g/mol. The summed E-state index contributed by atoms with van der Waals surface area (Å²) in [5.74, 6) is 0. The molecule has 0 aliphatic rings. The van der Waals surface area contributed by atoms with Crippen LogP contribution in [0, 0.1) is 0 Å². The second-order valence-corrected chi connectivity index (χ2v) is 3.47. The maximum atomic E-state index is 4.22. The first kappa shape index (κ1) is 11.1. The van der Waals surface area contributed by atoms with E-state index in [0.717, 1.165) is 12.2 Å². The van der Waals surface area contributed by atoms with E-state index in [1.807, 2.05) is 6.20 Å². The van der Waals surface area contributed by atoms with Gasteiger partial charge in [-0.1, -0.05) is 20.3 Å². The molecule has 1 N–H and O–H groups in total. The number of rotatable bonds is 6. The minimum atomic E-state index is 0.613. The molecule has 78 valence electrons. The molecular formula is C11H19N3. The van der Waals surface area contributed by atoms with Gasteiger partial charge in [0.1, 0.15) is 0 Å². The van der Waals surface area contributed by atoms with Gasteiger partial charge in [-0.2, -0.15) is 0 Å². The maximum Gasteiger partial charge on any atom is 0.0724 e. The predicted molar refractivity (Wildman–Crippen MR) is 57.9 cm³/mol. The third-order valence-electron chi connectivity index (χ3n) is 2.32. The third kappa shape index (κ3) is 3.83. The number of nitrogens with zero attached hydrogens (tertiary/aromatic N) is 2. The number of aromatic nitrogens is 2. The van der Waals surface area contributed by atoms with Crippen molar-refractivity contribution in [3.8, 4) is 0 Å². The van der Waals surface area contributed by atoms with Crippen LogP contribution >= 0.6 is 0 Å². The van der Waals surface area contributed by atoms with E-state index in [9.17, 15) is 0 Å². The molecule has 0 fully saturated rings. The molecular weight excluding hydrogens is 174 g/mol. The fraction of sp³-hybridized carbons (Fsp3) is 0.636. The lowest BCUT2D eigenvalue weighted by molar-refractivity contribution is 0.459. The van der Waals surface area contributed by atoms with Crippen LogP contribution in [0.2, 0.25) is 0 Å². The van der Waals surface area contributed by atoms with Gasteiger partial charge in [-0.25, -0.2) is 0 Å². The minimum Gasteiger partial charge on any atom is -0.308 e. The second-order valence-electron chi connectivity index (χ2n) is 3.47. The summed E-state index contributed by atoms with van der Waals surface area (Å²) in [4.78, 5) is 8.25. The van der Waals surface area contributed by atoms with E-state index in [0.29, 0.717) is 6.04 Å². The summed E-state index contributed by atoms with van der Waals surface area (Å²) in [6.07, 6.45) is 8.88. The molecule has 0 saturated heterocycles. The number of hydrogen-bond donors (Lipinski definition) is 1. The van der Waals surface area contributed by atoms with E-state index in [-0.39, 0.29) is 0 Å². The summed E-state index contributed by atoms with van der Waals surface area (Å²) in [5.41, 5.74) is 1.02. The molecule has 3 heteroatoms. The van der Waals surface area contributed by atoms with Gasteiger partial charge in [-0.15, -0.1) is 0 Å². The molecule has 0 aliphatic carbocycles. The van der Waals surface area contributed by atoms with Gasteiger partial charge in [-0.05, 0) is 12.8 Å². The van der Waals surface area contributed by atoms with Crippen molar-refractivity contribution in [1.29, 1.82) is 0 Å². The summed E-state index contributed by atoms with van der Waals surface area (Å²) in [5, 5.41) is 3.48. The fourth-order valence-electron chi connectivity index (χ4n) is 1.47. The molecule has 0 aromatic carbocycles. The van der Waals surface area contributed by atoms with Crippen LogP contribution in [0.25, 0.3) is 0 Å². The van der Waals surface area contributed by atoms with E-state index in [4.69, 9.17) is 0 Å². The summed E-state index contributed by atoms with van der Waals surface area (Å²) in [7, 11) is 0. The Bertz CT molecular complexity index is 236. The molecule has 0 amide bonds. The van der Waals surface area contributed by atoms with E-state index < -0.39 is 0 Å². The Balaban J connectivity index is 2.32. The zero-order chi connectivity index (χ0) is 10.2. The van der Waals surface area contributed by atoms with E-state index in [2.05, 4.69) is 29.1 Å². The quantitative estimate of drug-likeness (QED) is 0.752. The summed E-state index contributed by atoms with van der Waals surface area (Å²) < 4.78 is 0. The topological polar surface area (TPSA) is 37.8 Å². The Morgan fingerprint density at radius 3 is 2.79 bits per heavy atom. The molecule has 1 atom stereocenters. The van der Waals surface area contributed by atoms with E-state index >= 15 is 0 Å². The van der Waals surface area contributed by atoms with Crippen LogP contribution in [-0.2, 0) is 6.54 Å². The largest absolute Gasteiger partial charge is 0.308 e. The highest BCUT2D eigenvalue weighted by atomic mass is 14.9. The van der Waals surface area contributed by atoms with Crippen LogP contribution in [-0.4, -0.2) is 16.0 Å². The van der Waals surface area contributed by atoms with Crippen molar-refractivity contribution in [3.63, 3.8) is 0 Å². The molecule has 1 heterocycles. The maximum absolute atomic E-state index is 4.22. The predicted octanol–water partition coefficient (Wildman–Crippen LogP) is 2.14. The average Bonchev–Trinajstić information content (AvgIpc) is 2.25. The van der Waals surface area contributed by atoms with Crippen molar-refractivity contribution < 1.29 is 0 Å². The Labute approximate surface area is 86.0 Å². The van der Waals surface area contributed by atoms with Gasteiger partial charge in [-0.3, -0.25) is 9.97 Å². The van der Waals surface area contributed by atoms with Crippen LogP contribution in [0.3, 0.4) is 0 Å². The number of nitrogens with one attached hydrogen (secondary N) is 1. The van der Waals surface area contributed by atoms with Crippen molar-refractivity contribution in [2.24, 2.45) is 0 Å². The molecule has 1 aromatic heterocycles. The lowest BCUT2D eigenvalue weighted by atomic mass is 10.1. The van der Waals surface area contributed by atoms with Gasteiger partial charge in [0, 0.05) is 31.2 Å². The lowest BCUT2D eigenvalue weighted by Gasteiger charge is -2.15. The minimum absolute atomic E-state index is 0.613. The van der Waals surface area contributed by atoms with Gasteiger partial charge in [0.05, 0.1) is 5.69 Å². The SMILES string of the molecule is CCCC(CC)NCc1cnccn1. The first-order valence-electron chi connectivity index (χ1n) is 5.35. The van der Waals surface area contributed by atoms with Gasteiger partial charge < -0.3 is 5.32 Å². The summed E-state index contributed by atoms with van der Waals surface area (Å²) >= 11 is 0. The van der Waals surface area contributed by atoms with Crippen LogP contribution in [0.5, 0.6) is 0 Å². The van der Waals surface area contributed by atoms with E-state index in [1.165, 1.54) is 19.3 Å². The normalized spacial score (nSPS) is 12.7. The smallest absolute Gasteiger partial charge is 0.0724 e. The van der Waals surface area contributed by atoms with Gasteiger partial charge in [0.15, 0.2) is 0 Å². The Kier molecular flexibility index (Phi) is 5.15. The second kappa shape index (κ2) is 6.49. The van der Waals surface area contributed by atoms with Crippen molar-refractivity contribution in [2.45, 2.75) is 45.7 Å². The van der Waals surface area contributed by atoms with Gasteiger partial charge in [0.25, 0.3) is 0 Å². The Morgan fingerprint density at radius 1 is 1.36 bits per heavy atom. The van der Waals surface area contributed by atoms with Crippen LogP contribution in [0.4, 0.5) is 0 Å². The van der Waals surface area contributed by atoms with Crippen molar-refractivity contribution in [1.82, 2.24) is 15.3 Å². The Hall–Kier alpha value is -0.960. The van der Waals surface area contributed by atoms with Crippen molar-refractivity contribution in [3.05, 3.63) is 24.3 Å². The zero-order valence-electron chi connectivity index (χ0n) is 9.03. The highest BCUT2D eigenvalue weighted by Crippen LogP contribution is 2.02. The summed E-state index contributed by atoms with van der Waals surface area (Å²) in [6, 6.07) is 0.613. The lowest BCUT2D eigenvalue weighted by Crippen LogP contribution is -2.28. The summed E-state index contributed by atoms with van der Waals surface area (Å²) in [6.45, 7) is 5.25. The van der Waals surface area contributed by atoms with Crippen molar-refractivity contribution >= 4 is 0 Å². The molecule has 3 nitrogen and oxygen atoms in total. The highest BCUT2D eigenvalue weighted by molar-refractivity contribution is 4.94. The van der Waals surface area contributed by atoms with Crippen LogP contribution in [0.15, 0.2) is 18.6 Å². The molecule has 1 unspecified atom stereocenters. The molecule has 14 heavy (non-hydrogen) atoms. The molecule has 0 aliphatic heterocycles. The fourth-order valence-corrected chi connectivity index (χ4v) is 1.47. The van der Waals surface area contributed by atoms with Gasteiger partial charge in [0.2, 0.25) is 0 Å². The van der Waals surface area contributed by atoms with Crippen molar-refractivity contribution in [2.75, 3.05) is 0 Å². The molecule has 0 spiro atoms. The van der Waals surface area contributed by atoms with Crippen LogP contribution < -0.4 is 5.32 Å². The first-order valence-corrected chi connectivity index (χ1v) is 5.35. The third-order valence-corrected chi connectivity index (χ3v) is 2.32.